The lowest BCUT2D eigenvalue weighted by Gasteiger charge is -2.36. The average Bonchev–Trinajstić information content (AvgIpc) is 2.89. The number of halogens is 1. The summed E-state index contributed by atoms with van der Waals surface area (Å²) >= 11 is 0. The molecule has 0 aromatic heterocycles. The highest BCUT2D eigenvalue weighted by atomic mass is 19.1. The number of hydrogen-bond donors (Lipinski definition) is 1. The van der Waals surface area contributed by atoms with E-state index < -0.39 is 0 Å². The van der Waals surface area contributed by atoms with E-state index in [1.165, 1.54) is 25.3 Å². The number of nitrogens with zero attached hydrogens (tertiary/aromatic N) is 1. The van der Waals surface area contributed by atoms with E-state index in [4.69, 9.17) is 5.73 Å². The van der Waals surface area contributed by atoms with Crippen LogP contribution in [0.15, 0.2) is 24.3 Å². The van der Waals surface area contributed by atoms with E-state index >= 15 is 0 Å². The Balaban J connectivity index is 1.97. The zero-order valence-electron chi connectivity index (χ0n) is 9.27. The predicted molar refractivity (Wildman–Crippen MR) is 62.9 cm³/mol. The molecular formula is C13H17FN2. The Morgan fingerprint density at radius 2 is 2.12 bits per heavy atom. The Bertz CT molecular complexity index is 393. The molecule has 1 aliphatic carbocycles. The molecule has 0 spiro atoms. The van der Waals surface area contributed by atoms with Crippen molar-refractivity contribution in [3.63, 3.8) is 0 Å². The van der Waals surface area contributed by atoms with Crippen LogP contribution in [0.2, 0.25) is 0 Å². The molecule has 0 amide bonds. The van der Waals surface area contributed by atoms with Crippen LogP contribution in [-0.4, -0.2) is 18.6 Å². The minimum atomic E-state index is -0.117. The molecule has 0 radical (unpaired) electrons. The second kappa shape index (κ2) is 3.74. The van der Waals surface area contributed by atoms with Crippen LogP contribution in [0.1, 0.15) is 19.3 Å². The highest BCUT2D eigenvalue weighted by Gasteiger charge is 2.45. The number of anilines is 1. The molecule has 2 bridgehead atoms. The normalized spacial score (nSPS) is 32.4. The minimum Gasteiger partial charge on any atom is -0.362 e. The second-order valence-electron chi connectivity index (χ2n) is 4.89. The van der Waals surface area contributed by atoms with E-state index in [9.17, 15) is 4.39 Å². The molecule has 2 N–H and O–H groups in total. The lowest BCUT2D eigenvalue weighted by Crippen LogP contribution is -2.45. The van der Waals surface area contributed by atoms with Crippen molar-refractivity contribution < 1.29 is 4.39 Å². The van der Waals surface area contributed by atoms with E-state index in [2.05, 4.69) is 4.90 Å². The molecule has 16 heavy (non-hydrogen) atoms. The van der Waals surface area contributed by atoms with Gasteiger partial charge in [0.2, 0.25) is 0 Å². The fourth-order valence-corrected chi connectivity index (χ4v) is 3.43. The number of rotatable bonds is 2. The maximum Gasteiger partial charge on any atom is 0.146 e. The summed E-state index contributed by atoms with van der Waals surface area (Å²) in [4.78, 5) is 2.23. The minimum absolute atomic E-state index is 0.117. The van der Waals surface area contributed by atoms with Gasteiger partial charge in [-0.3, -0.25) is 0 Å². The van der Waals surface area contributed by atoms with Crippen LogP contribution in [0.3, 0.4) is 0 Å². The van der Waals surface area contributed by atoms with Gasteiger partial charge in [0.1, 0.15) is 5.82 Å². The largest absolute Gasteiger partial charge is 0.362 e. The van der Waals surface area contributed by atoms with Crippen LogP contribution >= 0.6 is 0 Å². The van der Waals surface area contributed by atoms with Gasteiger partial charge in [-0.2, -0.15) is 0 Å². The molecule has 1 saturated carbocycles. The van der Waals surface area contributed by atoms with Crippen molar-refractivity contribution in [2.75, 3.05) is 11.4 Å². The first-order valence-electron chi connectivity index (χ1n) is 6.04. The second-order valence-corrected chi connectivity index (χ2v) is 4.89. The monoisotopic (exact) mass is 220 g/mol. The molecule has 1 heterocycles. The molecule has 3 rings (SSSR count). The van der Waals surface area contributed by atoms with Gasteiger partial charge in [0.25, 0.3) is 0 Å². The molecule has 3 heteroatoms. The number of benzene rings is 1. The highest BCUT2D eigenvalue weighted by Crippen LogP contribution is 2.44. The van der Waals surface area contributed by atoms with E-state index in [0.717, 1.165) is 5.69 Å². The van der Waals surface area contributed by atoms with Gasteiger partial charge in [-0.05, 0) is 37.3 Å². The third-order valence-corrected chi connectivity index (χ3v) is 4.11. The van der Waals surface area contributed by atoms with Crippen LogP contribution in [0.25, 0.3) is 0 Å². The van der Waals surface area contributed by atoms with Crippen LogP contribution in [0, 0.1) is 11.7 Å². The third kappa shape index (κ3) is 1.34. The molecule has 1 saturated heterocycles. The number of hydrogen-bond acceptors (Lipinski definition) is 2. The standard InChI is InChI=1S/C13H17FN2/c14-11-3-1-2-4-12(11)16-10-6-5-9(7-10)13(16)8-15/h1-4,9-10,13H,5-8,15H2. The summed E-state index contributed by atoms with van der Waals surface area (Å²) in [7, 11) is 0. The molecule has 3 unspecified atom stereocenters. The van der Waals surface area contributed by atoms with E-state index in [0.29, 0.717) is 24.5 Å². The van der Waals surface area contributed by atoms with Gasteiger partial charge >= 0.3 is 0 Å². The quantitative estimate of drug-likeness (QED) is 0.827. The first-order chi connectivity index (χ1) is 7.81. The van der Waals surface area contributed by atoms with Crippen molar-refractivity contribution in [3.8, 4) is 0 Å². The summed E-state index contributed by atoms with van der Waals surface area (Å²) in [5, 5.41) is 0. The van der Waals surface area contributed by atoms with Crippen molar-refractivity contribution in [3.05, 3.63) is 30.1 Å². The molecule has 1 aromatic carbocycles. The third-order valence-electron chi connectivity index (χ3n) is 4.11. The first kappa shape index (κ1) is 10.1. The first-order valence-corrected chi connectivity index (χ1v) is 6.04. The maximum atomic E-state index is 13.8. The molecule has 2 fully saturated rings. The van der Waals surface area contributed by atoms with Gasteiger partial charge in [0, 0.05) is 18.6 Å². The Hall–Kier alpha value is -1.09. The average molecular weight is 220 g/mol. The van der Waals surface area contributed by atoms with Gasteiger partial charge in [0.05, 0.1) is 5.69 Å². The molecule has 86 valence electrons. The lowest BCUT2D eigenvalue weighted by atomic mass is 9.98. The number of para-hydroxylation sites is 1. The van der Waals surface area contributed by atoms with Crippen LogP contribution in [-0.2, 0) is 0 Å². The topological polar surface area (TPSA) is 29.3 Å². The summed E-state index contributed by atoms with van der Waals surface area (Å²) in [6, 6.07) is 7.90. The number of piperidine rings is 1. The summed E-state index contributed by atoms with van der Waals surface area (Å²) in [5.41, 5.74) is 6.57. The Morgan fingerprint density at radius 3 is 2.88 bits per heavy atom. The van der Waals surface area contributed by atoms with Crippen LogP contribution in [0.4, 0.5) is 10.1 Å². The van der Waals surface area contributed by atoms with Crippen molar-refractivity contribution in [2.24, 2.45) is 11.7 Å². The van der Waals surface area contributed by atoms with E-state index in [-0.39, 0.29) is 5.82 Å². The van der Waals surface area contributed by atoms with Gasteiger partial charge < -0.3 is 10.6 Å². The van der Waals surface area contributed by atoms with Crippen molar-refractivity contribution >= 4 is 5.69 Å². The van der Waals surface area contributed by atoms with Gasteiger partial charge in [-0.15, -0.1) is 0 Å². The zero-order valence-corrected chi connectivity index (χ0v) is 9.27. The predicted octanol–water partition coefficient (Wildman–Crippen LogP) is 2.14. The summed E-state index contributed by atoms with van der Waals surface area (Å²) in [6.07, 6.45) is 3.64. The van der Waals surface area contributed by atoms with Crippen LogP contribution in [0.5, 0.6) is 0 Å². The molecule has 2 nitrogen and oxygen atoms in total. The SMILES string of the molecule is NCC1C2CCC(C2)N1c1ccccc1F. The fourth-order valence-electron chi connectivity index (χ4n) is 3.43. The zero-order chi connectivity index (χ0) is 11.1. The number of nitrogens with two attached hydrogens (primary N) is 1. The lowest BCUT2D eigenvalue weighted by molar-refractivity contribution is 0.430. The molecule has 1 aliphatic heterocycles. The Morgan fingerprint density at radius 1 is 1.31 bits per heavy atom. The summed E-state index contributed by atoms with van der Waals surface area (Å²) in [5.74, 6) is 0.558. The highest BCUT2D eigenvalue weighted by molar-refractivity contribution is 5.52. The smallest absolute Gasteiger partial charge is 0.146 e. The molecular weight excluding hydrogens is 203 g/mol. The fraction of sp³-hybridized carbons (Fsp3) is 0.538. The molecule has 1 aromatic rings. The van der Waals surface area contributed by atoms with Crippen LogP contribution < -0.4 is 10.6 Å². The van der Waals surface area contributed by atoms with Crippen molar-refractivity contribution in [1.82, 2.24) is 0 Å². The number of fused-ring (bicyclic) bond motifs is 2. The Kier molecular flexibility index (Phi) is 2.36. The van der Waals surface area contributed by atoms with E-state index in [1.807, 2.05) is 12.1 Å². The van der Waals surface area contributed by atoms with Gasteiger partial charge in [-0.1, -0.05) is 12.1 Å². The summed E-state index contributed by atoms with van der Waals surface area (Å²) in [6.45, 7) is 0.634. The van der Waals surface area contributed by atoms with Crippen molar-refractivity contribution in [1.29, 1.82) is 0 Å². The summed E-state index contributed by atoms with van der Waals surface area (Å²) < 4.78 is 13.8. The van der Waals surface area contributed by atoms with Gasteiger partial charge in [0.15, 0.2) is 0 Å². The maximum absolute atomic E-state index is 13.8. The Labute approximate surface area is 95.2 Å². The molecule has 3 atom stereocenters. The van der Waals surface area contributed by atoms with Gasteiger partial charge in [-0.25, -0.2) is 4.39 Å². The van der Waals surface area contributed by atoms with E-state index in [1.54, 1.807) is 6.07 Å². The molecule has 2 aliphatic rings. The van der Waals surface area contributed by atoms with Crippen molar-refractivity contribution in [2.45, 2.75) is 31.3 Å².